The maximum atomic E-state index is 11.6. The summed E-state index contributed by atoms with van der Waals surface area (Å²) in [5.41, 5.74) is 1.04. The quantitative estimate of drug-likeness (QED) is 0.788. The van der Waals surface area contributed by atoms with Gasteiger partial charge in [-0.25, -0.2) is 0 Å². The minimum Gasteiger partial charge on any atom is -0.487 e. The molecule has 106 valence electrons. The fourth-order valence-electron chi connectivity index (χ4n) is 1.88. The van der Waals surface area contributed by atoms with Crippen LogP contribution in [0.4, 0.5) is 0 Å². The molecule has 0 aliphatic rings. The number of unbranched alkanes of at least 4 members (excludes halogenated alkanes) is 1. The van der Waals surface area contributed by atoms with Crippen LogP contribution < -0.4 is 10.2 Å². The van der Waals surface area contributed by atoms with Gasteiger partial charge in [-0.05, 0) is 24.8 Å². The highest BCUT2D eigenvalue weighted by Crippen LogP contribution is 2.08. The Labute approximate surface area is 117 Å². The molecule has 0 spiro atoms. The molecule has 4 heteroatoms. The largest absolute Gasteiger partial charge is 0.487 e. The Morgan fingerprint density at radius 3 is 2.65 bits per heavy atom. The molecule has 0 aliphatic heterocycles. The fraction of sp³-hybridized carbons (Fsp3) is 0.312. The van der Waals surface area contributed by atoms with Crippen LogP contribution in [0.5, 0.6) is 5.75 Å². The molecular weight excluding hydrogens is 256 g/mol. The third-order valence-corrected chi connectivity index (χ3v) is 2.97. The van der Waals surface area contributed by atoms with Gasteiger partial charge in [0.25, 0.3) is 0 Å². The van der Waals surface area contributed by atoms with E-state index in [9.17, 15) is 4.79 Å². The Bertz CT molecular complexity index is 575. The van der Waals surface area contributed by atoms with Crippen LogP contribution in [0.15, 0.2) is 51.9 Å². The van der Waals surface area contributed by atoms with E-state index in [4.69, 9.17) is 14.3 Å². The number of aliphatic hydroxyl groups excluding tert-OH is 1. The van der Waals surface area contributed by atoms with Gasteiger partial charge in [0.05, 0.1) is 6.61 Å². The van der Waals surface area contributed by atoms with E-state index in [0.29, 0.717) is 6.61 Å². The van der Waals surface area contributed by atoms with E-state index in [1.807, 2.05) is 18.2 Å². The van der Waals surface area contributed by atoms with Gasteiger partial charge in [-0.15, -0.1) is 0 Å². The molecule has 4 nitrogen and oxygen atoms in total. The molecule has 0 radical (unpaired) electrons. The van der Waals surface area contributed by atoms with Crippen molar-refractivity contribution in [3.05, 3.63) is 64.2 Å². The van der Waals surface area contributed by atoms with Gasteiger partial charge in [-0.1, -0.05) is 30.3 Å². The number of hydrogen-bond acceptors (Lipinski definition) is 4. The van der Waals surface area contributed by atoms with Crippen LogP contribution in [-0.4, -0.2) is 11.7 Å². The molecule has 0 unspecified atom stereocenters. The highest BCUT2D eigenvalue weighted by atomic mass is 16.5. The molecule has 0 fully saturated rings. The lowest BCUT2D eigenvalue weighted by Crippen LogP contribution is -2.09. The fourth-order valence-corrected chi connectivity index (χ4v) is 1.88. The zero-order valence-electron chi connectivity index (χ0n) is 11.2. The van der Waals surface area contributed by atoms with Crippen LogP contribution in [0.3, 0.4) is 0 Å². The van der Waals surface area contributed by atoms with Gasteiger partial charge in [-0.2, -0.15) is 0 Å². The standard InChI is InChI=1S/C16H18O4/c17-11-14-10-15(18)16(12-20-14)19-9-5-4-8-13-6-2-1-3-7-13/h1-3,6-7,10,12,17H,4-5,8-9,11H2. The third-order valence-electron chi connectivity index (χ3n) is 2.97. The summed E-state index contributed by atoms with van der Waals surface area (Å²) in [6.45, 7) is 0.197. The average Bonchev–Trinajstić information content (AvgIpc) is 2.49. The highest BCUT2D eigenvalue weighted by molar-refractivity contribution is 5.17. The van der Waals surface area contributed by atoms with E-state index in [0.717, 1.165) is 19.3 Å². The molecule has 1 aromatic carbocycles. The number of ether oxygens (including phenoxy) is 1. The lowest BCUT2D eigenvalue weighted by Gasteiger charge is -2.05. The first-order valence-corrected chi connectivity index (χ1v) is 6.69. The highest BCUT2D eigenvalue weighted by Gasteiger charge is 2.03. The molecule has 0 atom stereocenters. The van der Waals surface area contributed by atoms with Crippen molar-refractivity contribution in [2.75, 3.05) is 6.61 Å². The van der Waals surface area contributed by atoms with Crippen molar-refractivity contribution in [3.63, 3.8) is 0 Å². The smallest absolute Gasteiger partial charge is 0.227 e. The van der Waals surface area contributed by atoms with Crippen molar-refractivity contribution in [3.8, 4) is 5.75 Å². The van der Waals surface area contributed by atoms with Crippen molar-refractivity contribution in [1.82, 2.24) is 0 Å². The Balaban J connectivity index is 1.72. The van der Waals surface area contributed by atoms with Crippen molar-refractivity contribution in [2.24, 2.45) is 0 Å². The van der Waals surface area contributed by atoms with E-state index >= 15 is 0 Å². The van der Waals surface area contributed by atoms with Gasteiger partial charge in [0.15, 0.2) is 0 Å². The molecule has 1 aromatic heterocycles. The number of hydrogen-bond donors (Lipinski definition) is 1. The van der Waals surface area contributed by atoms with Crippen LogP contribution in [0.2, 0.25) is 0 Å². The summed E-state index contributed by atoms with van der Waals surface area (Å²) in [6.07, 6.45) is 4.13. The zero-order chi connectivity index (χ0) is 14.2. The normalized spacial score (nSPS) is 10.4. The maximum absolute atomic E-state index is 11.6. The molecule has 1 heterocycles. The topological polar surface area (TPSA) is 59.7 Å². The summed E-state index contributed by atoms with van der Waals surface area (Å²) in [6, 6.07) is 11.5. The average molecular weight is 274 g/mol. The molecule has 0 amide bonds. The van der Waals surface area contributed by atoms with Crippen LogP contribution in [0.1, 0.15) is 24.2 Å². The lowest BCUT2D eigenvalue weighted by molar-refractivity contribution is 0.236. The predicted molar refractivity (Wildman–Crippen MR) is 75.8 cm³/mol. The molecule has 0 aliphatic carbocycles. The molecule has 0 bridgehead atoms. The first kappa shape index (κ1) is 14.3. The number of rotatable bonds is 7. The monoisotopic (exact) mass is 274 g/mol. The van der Waals surface area contributed by atoms with Crippen molar-refractivity contribution in [1.29, 1.82) is 0 Å². The van der Waals surface area contributed by atoms with Gasteiger partial charge in [0.1, 0.15) is 18.6 Å². The minimum atomic E-state index is -0.285. The molecule has 0 saturated carbocycles. The minimum absolute atomic E-state index is 0.196. The van der Waals surface area contributed by atoms with Gasteiger partial charge < -0.3 is 14.3 Å². The Morgan fingerprint density at radius 1 is 1.15 bits per heavy atom. The predicted octanol–water partition coefficient (Wildman–Crippen LogP) is 2.53. The second kappa shape index (κ2) is 7.50. The van der Waals surface area contributed by atoms with Crippen LogP contribution in [0, 0.1) is 0 Å². The molecule has 0 saturated heterocycles. The maximum Gasteiger partial charge on any atom is 0.227 e. The van der Waals surface area contributed by atoms with Crippen LogP contribution in [0.25, 0.3) is 0 Å². The first-order valence-electron chi connectivity index (χ1n) is 6.69. The van der Waals surface area contributed by atoms with Gasteiger partial charge >= 0.3 is 0 Å². The number of aliphatic hydroxyl groups is 1. The second-order valence-corrected chi connectivity index (χ2v) is 4.52. The lowest BCUT2D eigenvalue weighted by atomic mass is 10.1. The molecule has 2 rings (SSSR count). The summed E-state index contributed by atoms with van der Waals surface area (Å²) in [4.78, 5) is 11.6. The molecule has 20 heavy (non-hydrogen) atoms. The van der Waals surface area contributed by atoms with Crippen molar-refractivity contribution >= 4 is 0 Å². The molecule has 2 aromatic rings. The summed E-state index contributed by atoms with van der Waals surface area (Å²) in [5.74, 6) is 0.438. The van der Waals surface area contributed by atoms with Gasteiger partial charge in [0.2, 0.25) is 11.2 Å². The Morgan fingerprint density at radius 2 is 1.95 bits per heavy atom. The third kappa shape index (κ3) is 4.24. The Kier molecular flexibility index (Phi) is 5.38. The molecular formula is C16H18O4. The zero-order valence-corrected chi connectivity index (χ0v) is 11.2. The van der Waals surface area contributed by atoms with E-state index in [1.165, 1.54) is 17.9 Å². The van der Waals surface area contributed by atoms with Crippen molar-refractivity contribution in [2.45, 2.75) is 25.9 Å². The van der Waals surface area contributed by atoms with Crippen LogP contribution >= 0.6 is 0 Å². The first-order chi connectivity index (χ1) is 9.79. The van der Waals surface area contributed by atoms with E-state index < -0.39 is 0 Å². The van der Waals surface area contributed by atoms with E-state index in [2.05, 4.69) is 12.1 Å². The Hall–Kier alpha value is -2.07. The van der Waals surface area contributed by atoms with Gasteiger partial charge in [0, 0.05) is 6.07 Å². The van der Waals surface area contributed by atoms with Crippen molar-refractivity contribution < 1.29 is 14.3 Å². The number of aryl methyl sites for hydroxylation is 1. The molecule has 1 N–H and O–H groups in total. The summed E-state index contributed by atoms with van der Waals surface area (Å²) >= 11 is 0. The summed E-state index contributed by atoms with van der Waals surface area (Å²) in [5, 5.41) is 8.83. The van der Waals surface area contributed by atoms with Gasteiger partial charge in [-0.3, -0.25) is 4.79 Å². The second-order valence-electron chi connectivity index (χ2n) is 4.52. The summed E-state index contributed by atoms with van der Waals surface area (Å²) in [7, 11) is 0. The number of benzene rings is 1. The van der Waals surface area contributed by atoms with E-state index in [1.54, 1.807) is 0 Å². The van der Waals surface area contributed by atoms with Crippen LogP contribution in [-0.2, 0) is 13.0 Å². The summed E-state index contributed by atoms with van der Waals surface area (Å²) < 4.78 is 10.4. The SMILES string of the molecule is O=c1cc(CO)occ1OCCCCc1ccccc1. The van der Waals surface area contributed by atoms with E-state index in [-0.39, 0.29) is 23.5 Å².